The third-order valence-corrected chi connectivity index (χ3v) is 2.77. The number of carbonyl (C=O) groups excluding carboxylic acids is 1. The van der Waals surface area contributed by atoms with Crippen molar-refractivity contribution in [3.05, 3.63) is 17.8 Å². The van der Waals surface area contributed by atoms with E-state index >= 15 is 0 Å². The predicted octanol–water partition coefficient (Wildman–Crippen LogP) is 1.09. The van der Waals surface area contributed by atoms with Gasteiger partial charge in [0.25, 0.3) is 5.91 Å². The van der Waals surface area contributed by atoms with Crippen LogP contribution in [-0.2, 0) is 4.79 Å². The molecule has 110 valence electrons. The molecule has 0 aromatic carbocycles. The van der Waals surface area contributed by atoms with E-state index in [1.165, 1.54) is 4.90 Å². The van der Waals surface area contributed by atoms with Gasteiger partial charge in [-0.2, -0.15) is 0 Å². The molecule has 1 aromatic rings. The van der Waals surface area contributed by atoms with Gasteiger partial charge in [0.1, 0.15) is 5.82 Å². The van der Waals surface area contributed by atoms with Gasteiger partial charge in [-0.05, 0) is 24.5 Å². The fourth-order valence-corrected chi connectivity index (χ4v) is 1.52. The van der Waals surface area contributed by atoms with Crippen LogP contribution >= 0.6 is 0 Å². The highest BCUT2D eigenvalue weighted by Gasteiger charge is 2.10. The zero-order valence-electron chi connectivity index (χ0n) is 12.0. The van der Waals surface area contributed by atoms with Gasteiger partial charge in [-0.15, -0.1) is 10.2 Å². The van der Waals surface area contributed by atoms with Crippen LogP contribution in [0.2, 0.25) is 0 Å². The maximum Gasteiger partial charge on any atom is 0.303 e. The van der Waals surface area contributed by atoms with E-state index in [1.54, 1.807) is 26.2 Å². The number of rotatable bonds is 7. The minimum Gasteiger partial charge on any atom is -0.481 e. The van der Waals surface area contributed by atoms with Crippen LogP contribution in [0.4, 0.5) is 5.82 Å². The number of amides is 1. The molecular weight excluding hydrogens is 260 g/mol. The maximum absolute atomic E-state index is 11.6. The fourth-order valence-electron chi connectivity index (χ4n) is 1.52. The molecule has 0 saturated heterocycles. The number of nitrogens with one attached hydrogen (secondary N) is 1. The van der Waals surface area contributed by atoms with E-state index in [4.69, 9.17) is 5.11 Å². The van der Waals surface area contributed by atoms with Crippen molar-refractivity contribution in [2.24, 2.45) is 5.92 Å². The number of nitrogens with zero attached hydrogens (tertiary/aromatic N) is 3. The van der Waals surface area contributed by atoms with Crippen molar-refractivity contribution >= 4 is 17.7 Å². The summed E-state index contributed by atoms with van der Waals surface area (Å²) in [6, 6.07) is 3.30. The Bertz CT molecular complexity index is 459. The molecule has 1 amide bonds. The number of carbonyl (C=O) groups is 2. The van der Waals surface area contributed by atoms with Crippen molar-refractivity contribution in [1.29, 1.82) is 0 Å². The normalized spacial score (nSPS) is 11.8. The number of aromatic nitrogens is 2. The van der Waals surface area contributed by atoms with Crippen LogP contribution in [0, 0.1) is 5.92 Å². The van der Waals surface area contributed by atoms with Gasteiger partial charge in [-0.1, -0.05) is 6.92 Å². The van der Waals surface area contributed by atoms with Crippen LogP contribution < -0.4 is 5.32 Å². The van der Waals surface area contributed by atoms with Crippen molar-refractivity contribution in [1.82, 2.24) is 15.1 Å². The van der Waals surface area contributed by atoms with E-state index < -0.39 is 5.97 Å². The van der Waals surface area contributed by atoms with Crippen LogP contribution in [0.3, 0.4) is 0 Å². The zero-order valence-corrected chi connectivity index (χ0v) is 12.0. The number of carboxylic acid groups (broad SMARTS) is 1. The Balaban J connectivity index is 2.45. The summed E-state index contributed by atoms with van der Waals surface area (Å²) in [5.41, 5.74) is 0.291. The molecule has 1 atom stereocenters. The first kappa shape index (κ1) is 15.9. The summed E-state index contributed by atoms with van der Waals surface area (Å²) in [7, 11) is 3.31. The van der Waals surface area contributed by atoms with Gasteiger partial charge in [0, 0.05) is 27.1 Å². The van der Waals surface area contributed by atoms with E-state index in [0.29, 0.717) is 24.5 Å². The average molecular weight is 280 g/mol. The van der Waals surface area contributed by atoms with Crippen molar-refractivity contribution in [3.63, 3.8) is 0 Å². The Labute approximate surface area is 118 Å². The molecule has 0 saturated carbocycles. The van der Waals surface area contributed by atoms with E-state index in [-0.39, 0.29) is 18.2 Å². The minimum absolute atomic E-state index is 0.158. The molecule has 20 heavy (non-hydrogen) atoms. The number of hydrogen-bond donors (Lipinski definition) is 2. The molecular formula is C13H20N4O3. The van der Waals surface area contributed by atoms with E-state index in [0.717, 1.165) is 0 Å². The summed E-state index contributed by atoms with van der Waals surface area (Å²) >= 11 is 0. The topological polar surface area (TPSA) is 95.4 Å². The van der Waals surface area contributed by atoms with Gasteiger partial charge in [-0.25, -0.2) is 0 Å². The summed E-state index contributed by atoms with van der Waals surface area (Å²) in [4.78, 5) is 23.5. The van der Waals surface area contributed by atoms with Gasteiger partial charge in [0.15, 0.2) is 5.69 Å². The number of carboxylic acids is 1. The Morgan fingerprint density at radius 3 is 2.55 bits per heavy atom. The predicted molar refractivity (Wildman–Crippen MR) is 74.6 cm³/mol. The molecule has 0 fully saturated rings. The third-order valence-electron chi connectivity index (χ3n) is 2.77. The molecule has 0 bridgehead atoms. The SMILES string of the molecule is CC(CCC(=O)O)CNc1ccc(C(=O)N(C)C)nn1. The molecule has 1 aromatic heterocycles. The molecule has 7 nitrogen and oxygen atoms in total. The van der Waals surface area contributed by atoms with Crippen molar-refractivity contribution < 1.29 is 14.7 Å². The summed E-state index contributed by atoms with van der Waals surface area (Å²) in [6.07, 6.45) is 0.762. The lowest BCUT2D eigenvalue weighted by atomic mass is 10.1. The Hall–Kier alpha value is -2.18. The second-order valence-corrected chi connectivity index (χ2v) is 4.92. The van der Waals surface area contributed by atoms with Crippen molar-refractivity contribution in [3.8, 4) is 0 Å². The number of hydrogen-bond acceptors (Lipinski definition) is 5. The second-order valence-electron chi connectivity index (χ2n) is 4.92. The molecule has 0 spiro atoms. The zero-order chi connectivity index (χ0) is 15.1. The number of aliphatic carboxylic acids is 1. The Morgan fingerprint density at radius 1 is 1.35 bits per heavy atom. The first-order chi connectivity index (χ1) is 9.40. The monoisotopic (exact) mass is 280 g/mol. The van der Waals surface area contributed by atoms with Gasteiger partial charge >= 0.3 is 5.97 Å². The van der Waals surface area contributed by atoms with Crippen LogP contribution in [0.15, 0.2) is 12.1 Å². The molecule has 0 aliphatic heterocycles. The van der Waals surface area contributed by atoms with Crippen molar-refractivity contribution in [2.45, 2.75) is 19.8 Å². The summed E-state index contributed by atoms with van der Waals surface area (Å²) in [5.74, 6) is -0.194. The molecule has 1 rings (SSSR count). The molecule has 2 N–H and O–H groups in total. The van der Waals surface area contributed by atoms with Crippen LogP contribution in [0.25, 0.3) is 0 Å². The second kappa shape index (κ2) is 7.42. The quantitative estimate of drug-likeness (QED) is 0.776. The first-order valence-electron chi connectivity index (χ1n) is 6.41. The lowest BCUT2D eigenvalue weighted by molar-refractivity contribution is -0.137. The van der Waals surface area contributed by atoms with Crippen molar-refractivity contribution in [2.75, 3.05) is 26.0 Å². The highest BCUT2D eigenvalue weighted by molar-refractivity contribution is 5.91. The smallest absolute Gasteiger partial charge is 0.303 e. The molecule has 0 radical (unpaired) electrons. The van der Waals surface area contributed by atoms with E-state index in [9.17, 15) is 9.59 Å². The highest BCUT2D eigenvalue weighted by atomic mass is 16.4. The Morgan fingerprint density at radius 2 is 2.05 bits per heavy atom. The first-order valence-corrected chi connectivity index (χ1v) is 6.41. The standard InChI is InChI=1S/C13H20N4O3/c1-9(4-7-12(18)19)8-14-11-6-5-10(15-16-11)13(20)17(2)3/h5-6,9H,4,7-8H2,1-3H3,(H,14,16)(H,18,19). The minimum atomic E-state index is -0.789. The lowest BCUT2D eigenvalue weighted by Crippen LogP contribution is -2.23. The van der Waals surface area contributed by atoms with Gasteiger partial charge in [-0.3, -0.25) is 9.59 Å². The largest absolute Gasteiger partial charge is 0.481 e. The molecule has 1 unspecified atom stereocenters. The van der Waals surface area contributed by atoms with Crippen LogP contribution in [0.5, 0.6) is 0 Å². The van der Waals surface area contributed by atoms with Gasteiger partial charge in [0.2, 0.25) is 0 Å². The van der Waals surface area contributed by atoms with E-state index in [1.807, 2.05) is 6.92 Å². The maximum atomic E-state index is 11.6. The molecule has 0 aliphatic carbocycles. The lowest BCUT2D eigenvalue weighted by Gasteiger charge is -2.12. The van der Waals surface area contributed by atoms with Crippen LogP contribution in [-0.4, -0.2) is 52.7 Å². The van der Waals surface area contributed by atoms with Gasteiger partial charge < -0.3 is 15.3 Å². The summed E-state index contributed by atoms with van der Waals surface area (Å²) in [6.45, 7) is 2.58. The summed E-state index contributed by atoms with van der Waals surface area (Å²) < 4.78 is 0. The molecule has 7 heteroatoms. The van der Waals surface area contributed by atoms with E-state index in [2.05, 4.69) is 15.5 Å². The average Bonchev–Trinajstić information content (AvgIpc) is 2.42. The third kappa shape index (κ3) is 5.21. The molecule has 0 aliphatic rings. The van der Waals surface area contributed by atoms with Gasteiger partial charge in [0.05, 0.1) is 0 Å². The summed E-state index contributed by atoms with van der Waals surface area (Å²) in [5, 5.41) is 19.4. The fraction of sp³-hybridized carbons (Fsp3) is 0.538. The highest BCUT2D eigenvalue weighted by Crippen LogP contribution is 2.08. The molecule has 1 heterocycles. The number of anilines is 1. The van der Waals surface area contributed by atoms with Crippen LogP contribution in [0.1, 0.15) is 30.3 Å². The Kier molecular flexibility index (Phi) is 5.89.